The zero-order valence-corrected chi connectivity index (χ0v) is 14.0. The van der Waals surface area contributed by atoms with Gasteiger partial charge in [0.05, 0.1) is 22.1 Å². The Kier molecular flexibility index (Phi) is 4.17. The SMILES string of the molecule is COc1ccc(S(=O)(=O)N2CC(O)(C(C)C)C2)cc1Br. The molecular weight excluding hydrogens is 346 g/mol. The molecule has 7 heteroatoms. The lowest BCUT2D eigenvalue weighted by atomic mass is 9.85. The Labute approximate surface area is 127 Å². The number of halogens is 1. The van der Waals surface area contributed by atoms with Crippen molar-refractivity contribution in [2.24, 2.45) is 5.92 Å². The van der Waals surface area contributed by atoms with Crippen molar-refractivity contribution in [1.29, 1.82) is 0 Å². The summed E-state index contributed by atoms with van der Waals surface area (Å²) in [6.07, 6.45) is 0. The summed E-state index contributed by atoms with van der Waals surface area (Å²) in [5.41, 5.74) is -0.920. The van der Waals surface area contributed by atoms with Gasteiger partial charge in [-0.25, -0.2) is 8.42 Å². The van der Waals surface area contributed by atoms with Crippen LogP contribution in [0, 0.1) is 5.92 Å². The molecule has 5 nitrogen and oxygen atoms in total. The van der Waals surface area contributed by atoms with Crippen molar-refractivity contribution in [2.75, 3.05) is 20.2 Å². The summed E-state index contributed by atoms with van der Waals surface area (Å²) in [5.74, 6) is 0.600. The topological polar surface area (TPSA) is 66.8 Å². The molecule has 0 atom stereocenters. The number of ether oxygens (including phenoxy) is 1. The molecule has 20 heavy (non-hydrogen) atoms. The molecular formula is C13H18BrNO4S. The van der Waals surface area contributed by atoms with E-state index >= 15 is 0 Å². The highest BCUT2D eigenvalue weighted by atomic mass is 79.9. The fourth-order valence-corrected chi connectivity index (χ4v) is 4.34. The molecule has 0 radical (unpaired) electrons. The van der Waals surface area contributed by atoms with Crippen LogP contribution in [0.5, 0.6) is 5.75 Å². The minimum absolute atomic E-state index is 0.0246. The van der Waals surface area contributed by atoms with Gasteiger partial charge in [-0.3, -0.25) is 0 Å². The van der Waals surface area contributed by atoms with Crippen molar-refractivity contribution < 1.29 is 18.3 Å². The summed E-state index contributed by atoms with van der Waals surface area (Å²) >= 11 is 3.28. The molecule has 0 bridgehead atoms. The van der Waals surface area contributed by atoms with E-state index in [0.717, 1.165) is 0 Å². The number of hydrogen-bond acceptors (Lipinski definition) is 4. The highest BCUT2D eigenvalue weighted by molar-refractivity contribution is 9.10. The summed E-state index contributed by atoms with van der Waals surface area (Å²) < 4.78 is 31.8. The summed E-state index contributed by atoms with van der Waals surface area (Å²) in [7, 11) is -2.05. The number of methoxy groups -OCH3 is 1. The van der Waals surface area contributed by atoms with E-state index in [0.29, 0.717) is 10.2 Å². The zero-order valence-electron chi connectivity index (χ0n) is 11.6. The van der Waals surface area contributed by atoms with Crippen LogP contribution in [0.3, 0.4) is 0 Å². The molecule has 0 spiro atoms. The van der Waals surface area contributed by atoms with E-state index in [1.165, 1.54) is 23.5 Å². The average Bonchev–Trinajstić information content (AvgIpc) is 2.34. The second kappa shape index (κ2) is 5.29. The maximum absolute atomic E-state index is 12.4. The maximum atomic E-state index is 12.4. The Morgan fingerprint density at radius 1 is 1.40 bits per heavy atom. The van der Waals surface area contributed by atoms with Gasteiger partial charge in [-0.2, -0.15) is 4.31 Å². The van der Waals surface area contributed by atoms with E-state index in [4.69, 9.17) is 4.74 Å². The predicted molar refractivity (Wildman–Crippen MR) is 79.2 cm³/mol. The molecule has 1 saturated heterocycles. The molecule has 1 fully saturated rings. The Morgan fingerprint density at radius 3 is 2.45 bits per heavy atom. The van der Waals surface area contributed by atoms with E-state index in [9.17, 15) is 13.5 Å². The molecule has 1 aliphatic heterocycles. The van der Waals surface area contributed by atoms with Crippen molar-refractivity contribution in [1.82, 2.24) is 4.31 Å². The van der Waals surface area contributed by atoms with Crippen molar-refractivity contribution in [3.8, 4) is 5.75 Å². The first kappa shape index (κ1) is 15.8. The third-order valence-corrected chi connectivity index (χ3v) is 6.14. The summed E-state index contributed by atoms with van der Waals surface area (Å²) in [6, 6.07) is 4.62. The summed E-state index contributed by atoms with van der Waals surface area (Å²) in [4.78, 5) is 0.191. The molecule has 112 valence electrons. The Hall–Kier alpha value is -0.630. The van der Waals surface area contributed by atoms with Gasteiger partial charge in [0.1, 0.15) is 5.75 Å². The van der Waals surface area contributed by atoms with Crippen LogP contribution in [0.4, 0.5) is 0 Å². The lowest BCUT2D eigenvalue weighted by molar-refractivity contribution is -0.0932. The Morgan fingerprint density at radius 2 is 2.00 bits per heavy atom. The number of aliphatic hydroxyl groups is 1. The smallest absolute Gasteiger partial charge is 0.243 e. The minimum Gasteiger partial charge on any atom is -0.496 e. The van der Waals surface area contributed by atoms with Crippen LogP contribution in [0.1, 0.15) is 13.8 Å². The van der Waals surface area contributed by atoms with Crippen LogP contribution in [0.2, 0.25) is 0 Å². The molecule has 1 aromatic carbocycles. The van der Waals surface area contributed by atoms with Gasteiger partial charge < -0.3 is 9.84 Å². The van der Waals surface area contributed by atoms with Crippen LogP contribution in [-0.4, -0.2) is 43.6 Å². The molecule has 1 heterocycles. The fourth-order valence-electron chi connectivity index (χ4n) is 2.06. The molecule has 0 saturated carbocycles. The molecule has 0 unspecified atom stereocenters. The normalized spacial score (nSPS) is 18.9. The lowest BCUT2D eigenvalue weighted by Gasteiger charge is -2.47. The molecule has 2 rings (SSSR count). The van der Waals surface area contributed by atoms with Gasteiger partial charge in [-0.05, 0) is 40.0 Å². The number of rotatable bonds is 4. The summed E-state index contributed by atoms with van der Waals surface area (Å²) in [6.45, 7) is 4.04. The molecule has 1 N–H and O–H groups in total. The second-order valence-corrected chi connectivity index (χ2v) is 8.12. The van der Waals surface area contributed by atoms with Gasteiger partial charge >= 0.3 is 0 Å². The number of nitrogens with zero attached hydrogens (tertiary/aromatic N) is 1. The van der Waals surface area contributed by atoms with Crippen molar-refractivity contribution >= 4 is 26.0 Å². The van der Waals surface area contributed by atoms with Crippen LogP contribution in [-0.2, 0) is 10.0 Å². The highest BCUT2D eigenvalue weighted by Crippen LogP contribution is 2.35. The molecule has 0 aliphatic carbocycles. The van der Waals surface area contributed by atoms with Crippen molar-refractivity contribution in [2.45, 2.75) is 24.3 Å². The number of β-amino-alcohol motifs (C(OH)–C–C–N with tert-alkyl or cyclic N) is 1. The predicted octanol–water partition coefficient (Wildman–Crippen LogP) is 1.85. The average molecular weight is 364 g/mol. The third-order valence-electron chi connectivity index (χ3n) is 3.74. The van der Waals surface area contributed by atoms with Crippen LogP contribution in [0.15, 0.2) is 27.6 Å². The van der Waals surface area contributed by atoms with Gasteiger partial charge in [-0.1, -0.05) is 13.8 Å². The van der Waals surface area contributed by atoms with Gasteiger partial charge in [0.2, 0.25) is 10.0 Å². The molecule has 0 aromatic heterocycles. The van der Waals surface area contributed by atoms with Crippen LogP contribution < -0.4 is 4.74 Å². The molecule has 1 aromatic rings. The van der Waals surface area contributed by atoms with Gasteiger partial charge in [-0.15, -0.1) is 0 Å². The standard InChI is InChI=1S/C13H18BrNO4S/c1-9(2)13(16)7-15(8-13)20(17,18)10-4-5-12(19-3)11(14)6-10/h4-6,9,16H,7-8H2,1-3H3. The third kappa shape index (κ3) is 2.59. The number of benzene rings is 1. The first-order valence-corrected chi connectivity index (χ1v) is 8.50. The fraction of sp³-hybridized carbons (Fsp3) is 0.538. The second-order valence-electron chi connectivity index (χ2n) is 5.33. The van der Waals surface area contributed by atoms with E-state index in [-0.39, 0.29) is 23.9 Å². The van der Waals surface area contributed by atoms with E-state index < -0.39 is 15.6 Å². The highest BCUT2D eigenvalue weighted by Gasteiger charge is 2.49. The van der Waals surface area contributed by atoms with E-state index in [2.05, 4.69) is 15.9 Å². The van der Waals surface area contributed by atoms with Crippen LogP contribution in [0.25, 0.3) is 0 Å². The zero-order chi connectivity index (χ0) is 15.1. The van der Waals surface area contributed by atoms with Crippen LogP contribution >= 0.6 is 15.9 Å². The quantitative estimate of drug-likeness (QED) is 0.886. The summed E-state index contributed by atoms with van der Waals surface area (Å²) in [5, 5.41) is 10.2. The van der Waals surface area contributed by atoms with Crippen molar-refractivity contribution in [3.63, 3.8) is 0 Å². The largest absolute Gasteiger partial charge is 0.496 e. The Bertz CT molecular complexity index is 609. The van der Waals surface area contributed by atoms with Gasteiger partial charge in [0.25, 0.3) is 0 Å². The minimum atomic E-state index is -3.57. The lowest BCUT2D eigenvalue weighted by Crippen LogP contribution is -2.65. The Balaban J connectivity index is 2.23. The first-order valence-electron chi connectivity index (χ1n) is 6.27. The molecule has 1 aliphatic rings. The van der Waals surface area contributed by atoms with Gasteiger partial charge in [0.15, 0.2) is 0 Å². The number of hydrogen-bond donors (Lipinski definition) is 1. The van der Waals surface area contributed by atoms with Gasteiger partial charge in [0, 0.05) is 13.1 Å². The first-order chi connectivity index (χ1) is 9.20. The number of sulfonamides is 1. The van der Waals surface area contributed by atoms with E-state index in [1.54, 1.807) is 6.07 Å². The molecule has 0 amide bonds. The van der Waals surface area contributed by atoms with Crippen molar-refractivity contribution in [3.05, 3.63) is 22.7 Å². The van der Waals surface area contributed by atoms with E-state index in [1.807, 2.05) is 13.8 Å². The maximum Gasteiger partial charge on any atom is 0.243 e. The monoisotopic (exact) mass is 363 g/mol.